The van der Waals surface area contributed by atoms with Gasteiger partial charge in [0.1, 0.15) is 11.6 Å². The molecule has 0 aromatic heterocycles. The molecule has 0 saturated heterocycles. The minimum atomic E-state index is -1.08. The largest absolute Gasteiger partial charge is 0.483 e. The van der Waals surface area contributed by atoms with E-state index in [4.69, 9.17) is 4.74 Å². The number of carbonyl (C=O) groups is 3. The molecule has 3 N–H and O–H groups in total. The standard InChI is InChI=1S/C25H23FN4O4/c1-16-11-12-20(17(2)13-16)28-23(31)15-34-22-10-6-3-7-18(22)14-27-30-25(33)24(32)29-21-9-5-4-8-19(21)26/h3-14H,15H2,1-2H3,(H,28,31)(H,29,32)(H,30,33)/b27-14-. The van der Waals surface area contributed by atoms with Crippen molar-refractivity contribution < 1.29 is 23.5 Å². The number of carbonyl (C=O) groups excluding carboxylic acids is 3. The van der Waals surface area contributed by atoms with Gasteiger partial charge in [-0.15, -0.1) is 0 Å². The molecule has 0 saturated carbocycles. The van der Waals surface area contributed by atoms with E-state index in [1.54, 1.807) is 24.3 Å². The van der Waals surface area contributed by atoms with E-state index in [-0.39, 0.29) is 18.2 Å². The lowest BCUT2D eigenvalue weighted by Crippen LogP contribution is -2.32. The average Bonchev–Trinajstić information content (AvgIpc) is 2.81. The molecule has 9 heteroatoms. The molecule has 0 spiro atoms. The fourth-order valence-electron chi connectivity index (χ4n) is 2.95. The van der Waals surface area contributed by atoms with E-state index in [0.29, 0.717) is 17.0 Å². The zero-order valence-electron chi connectivity index (χ0n) is 18.6. The molecule has 0 radical (unpaired) electrons. The summed E-state index contributed by atoms with van der Waals surface area (Å²) in [6.45, 7) is 3.63. The number of hydrogen-bond donors (Lipinski definition) is 3. The SMILES string of the molecule is Cc1ccc(NC(=O)COc2ccccc2/C=N\NC(=O)C(=O)Nc2ccccc2F)c(C)c1. The summed E-state index contributed by atoms with van der Waals surface area (Å²) in [5.41, 5.74) is 5.15. The van der Waals surface area contributed by atoms with Crippen LogP contribution in [0.4, 0.5) is 15.8 Å². The van der Waals surface area contributed by atoms with E-state index < -0.39 is 17.6 Å². The number of hydrogen-bond acceptors (Lipinski definition) is 5. The molecule has 3 amide bonds. The van der Waals surface area contributed by atoms with Crippen LogP contribution in [0.2, 0.25) is 0 Å². The molecule has 0 aliphatic heterocycles. The second kappa shape index (κ2) is 11.4. The first-order valence-corrected chi connectivity index (χ1v) is 10.3. The van der Waals surface area contributed by atoms with Crippen LogP contribution in [0.3, 0.4) is 0 Å². The molecular formula is C25H23FN4O4. The fraction of sp³-hybridized carbons (Fsp3) is 0.120. The fourth-order valence-corrected chi connectivity index (χ4v) is 2.95. The number of halogens is 1. The molecule has 34 heavy (non-hydrogen) atoms. The number of anilines is 2. The Labute approximate surface area is 195 Å². The van der Waals surface area contributed by atoms with E-state index >= 15 is 0 Å². The van der Waals surface area contributed by atoms with Crippen LogP contribution in [0.5, 0.6) is 5.75 Å². The summed E-state index contributed by atoms with van der Waals surface area (Å²) in [4.78, 5) is 36.1. The van der Waals surface area contributed by atoms with E-state index in [2.05, 4.69) is 21.2 Å². The topological polar surface area (TPSA) is 109 Å². The molecular weight excluding hydrogens is 439 g/mol. The van der Waals surface area contributed by atoms with Gasteiger partial charge in [0, 0.05) is 11.3 Å². The summed E-state index contributed by atoms with van der Waals surface area (Å²) < 4.78 is 19.2. The summed E-state index contributed by atoms with van der Waals surface area (Å²) in [6.07, 6.45) is 1.27. The van der Waals surface area contributed by atoms with Crippen molar-refractivity contribution in [1.29, 1.82) is 0 Å². The van der Waals surface area contributed by atoms with Gasteiger partial charge in [0.05, 0.1) is 11.9 Å². The van der Waals surface area contributed by atoms with Gasteiger partial charge in [-0.2, -0.15) is 5.10 Å². The van der Waals surface area contributed by atoms with Crippen molar-refractivity contribution in [1.82, 2.24) is 5.43 Å². The zero-order chi connectivity index (χ0) is 24.5. The Hall–Kier alpha value is -4.53. The number of para-hydroxylation sites is 2. The number of aryl methyl sites for hydroxylation is 2. The van der Waals surface area contributed by atoms with Crippen molar-refractivity contribution in [3.05, 3.63) is 89.2 Å². The number of ether oxygens (including phenoxy) is 1. The lowest BCUT2D eigenvalue weighted by molar-refractivity contribution is -0.136. The Bertz CT molecular complexity index is 1240. The highest BCUT2D eigenvalue weighted by molar-refractivity contribution is 6.39. The van der Waals surface area contributed by atoms with Gasteiger partial charge in [0.2, 0.25) is 0 Å². The normalized spacial score (nSPS) is 10.6. The van der Waals surface area contributed by atoms with E-state index in [0.717, 1.165) is 17.2 Å². The first-order valence-electron chi connectivity index (χ1n) is 10.3. The van der Waals surface area contributed by atoms with Gasteiger partial charge in [-0.25, -0.2) is 9.82 Å². The number of amides is 3. The molecule has 174 valence electrons. The summed E-state index contributed by atoms with van der Waals surface area (Å²) >= 11 is 0. The third-order valence-corrected chi connectivity index (χ3v) is 4.63. The summed E-state index contributed by atoms with van der Waals surface area (Å²) in [5, 5.41) is 8.70. The molecule has 0 unspecified atom stereocenters. The van der Waals surface area contributed by atoms with Crippen LogP contribution in [0.25, 0.3) is 0 Å². The van der Waals surface area contributed by atoms with Crippen molar-refractivity contribution in [2.24, 2.45) is 5.10 Å². The van der Waals surface area contributed by atoms with Crippen molar-refractivity contribution in [3.8, 4) is 5.75 Å². The lowest BCUT2D eigenvalue weighted by atomic mass is 10.1. The third-order valence-electron chi connectivity index (χ3n) is 4.63. The molecule has 3 aromatic rings. The van der Waals surface area contributed by atoms with Crippen LogP contribution >= 0.6 is 0 Å². The van der Waals surface area contributed by atoms with Gasteiger partial charge in [-0.05, 0) is 49.7 Å². The minimum Gasteiger partial charge on any atom is -0.483 e. The number of benzene rings is 3. The Morgan fingerprint density at radius 1 is 0.912 bits per heavy atom. The van der Waals surface area contributed by atoms with E-state index in [1.807, 2.05) is 32.0 Å². The molecule has 3 rings (SSSR count). The van der Waals surface area contributed by atoms with Crippen molar-refractivity contribution in [2.75, 3.05) is 17.2 Å². The van der Waals surface area contributed by atoms with Crippen molar-refractivity contribution in [2.45, 2.75) is 13.8 Å². The summed E-state index contributed by atoms with van der Waals surface area (Å²) in [5.74, 6) is -2.80. The monoisotopic (exact) mass is 462 g/mol. The molecule has 0 atom stereocenters. The van der Waals surface area contributed by atoms with Crippen LogP contribution in [-0.4, -0.2) is 30.5 Å². The first-order chi connectivity index (χ1) is 16.3. The Morgan fingerprint density at radius 2 is 1.65 bits per heavy atom. The molecule has 3 aromatic carbocycles. The Kier molecular flexibility index (Phi) is 8.07. The molecule has 0 fully saturated rings. The predicted molar refractivity (Wildman–Crippen MR) is 127 cm³/mol. The van der Waals surface area contributed by atoms with Gasteiger partial charge in [-0.3, -0.25) is 14.4 Å². The Balaban J connectivity index is 1.55. The van der Waals surface area contributed by atoms with Gasteiger partial charge < -0.3 is 15.4 Å². The molecule has 0 aliphatic carbocycles. The molecule has 0 aliphatic rings. The highest BCUT2D eigenvalue weighted by Gasteiger charge is 2.15. The highest BCUT2D eigenvalue weighted by atomic mass is 19.1. The van der Waals surface area contributed by atoms with Gasteiger partial charge in [0.25, 0.3) is 5.91 Å². The maximum absolute atomic E-state index is 13.6. The number of hydrazone groups is 1. The van der Waals surface area contributed by atoms with Crippen molar-refractivity contribution in [3.63, 3.8) is 0 Å². The van der Waals surface area contributed by atoms with E-state index in [9.17, 15) is 18.8 Å². The molecule has 0 bridgehead atoms. The van der Waals surface area contributed by atoms with Crippen LogP contribution in [0, 0.1) is 19.7 Å². The first kappa shape index (κ1) is 24.1. The minimum absolute atomic E-state index is 0.121. The number of nitrogens with zero attached hydrogens (tertiary/aromatic N) is 1. The van der Waals surface area contributed by atoms with Crippen LogP contribution in [0.15, 0.2) is 71.8 Å². The van der Waals surface area contributed by atoms with Crippen LogP contribution < -0.4 is 20.8 Å². The average molecular weight is 462 g/mol. The lowest BCUT2D eigenvalue weighted by Gasteiger charge is -2.11. The second-order valence-electron chi connectivity index (χ2n) is 7.33. The zero-order valence-corrected chi connectivity index (χ0v) is 18.6. The Morgan fingerprint density at radius 3 is 2.41 bits per heavy atom. The molecule has 8 nitrogen and oxygen atoms in total. The maximum atomic E-state index is 13.6. The highest BCUT2D eigenvalue weighted by Crippen LogP contribution is 2.18. The summed E-state index contributed by atoms with van der Waals surface area (Å²) in [7, 11) is 0. The van der Waals surface area contributed by atoms with Crippen molar-refractivity contribution >= 4 is 35.3 Å². The van der Waals surface area contributed by atoms with Gasteiger partial charge in [-0.1, -0.05) is 42.0 Å². The van der Waals surface area contributed by atoms with Gasteiger partial charge in [0.15, 0.2) is 6.61 Å². The van der Waals surface area contributed by atoms with Crippen LogP contribution in [-0.2, 0) is 14.4 Å². The van der Waals surface area contributed by atoms with Gasteiger partial charge >= 0.3 is 11.8 Å². The predicted octanol–water partition coefficient (Wildman–Crippen LogP) is 3.55. The number of nitrogens with one attached hydrogen (secondary N) is 3. The quantitative estimate of drug-likeness (QED) is 0.283. The third kappa shape index (κ3) is 6.73. The molecule has 0 heterocycles. The second-order valence-corrected chi connectivity index (χ2v) is 7.33. The maximum Gasteiger partial charge on any atom is 0.329 e. The number of rotatable bonds is 7. The van der Waals surface area contributed by atoms with Crippen LogP contribution in [0.1, 0.15) is 16.7 Å². The van der Waals surface area contributed by atoms with E-state index in [1.165, 1.54) is 24.4 Å². The summed E-state index contributed by atoms with van der Waals surface area (Å²) in [6, 6.07) is 17.9. The smallest absolute Gasteiger partial charge is 0.329 e.